The maximum atomic E-state index is 11.5. The maximum Gasteiger partial charge on any atom is 0.276 e. The van der Waals surface area contributed by atoms with Gasteiger partial charge in [0.1, 0.15) is 12.1 Å². The molecule has 0 bridgehead atoms. The molecule has 1 saturated heterocycles. The molecular formula is C15H21N5O2S. The van der Waals surface area contributed by atoms with Crippen molar-refractivity contribution < 1.29 is 8.42 Å². The molecule has 1 aliphatic rings. The lowest BCUT2D eigenvalue weighted by Crippen LogP contribution is -2.39. The SMILES string of the molecule is Cc1cc2ncnc(N3CCCN(S(N)(=O)=O)CC3)c2cc1C. The molecule has 2 N–H and O–H groups in total. The molecule has 0 radical (unpaired) electrons. The molecule has 0 saturated carbocycles. The van der Waals surface area contributed by atoms with E-state index in [1.807, 2.05) is 0 Å². The van der Waals surface area contributed by atoms with Gasteiger partial charge >= 0.3 is 0 Å². The molecule has 0 amide bonds. The van der Waals surface area contributed by atoms with Gasteiger partial charge in [-0.05, 0) is 43.5 Å². The zero-order chi connectivity index (χ0) is 16.6. The van der Waals surface area contributed by atoms with E-state index in [1.54, 1.807) is 6.33 Å². The number of nitrogens with zero attached hydrogens (tertiary/aromatic N) is 4. The fourth-order valence-electron chi connectivity index (χ4n) is 2.91. The molecule has 2 aromatic rings. The Kier molecular flexibility index (Phi) is 4.22. The van der Waals surface area contributed by atoms with E-state index in [4.69, 9.17) is 5.14 Å². The highest BCUT2D eigenvalue weighted by molar-refractivity contribution is 7.86. The minimum absolute atomic E-state index is 0.370. The lowest BCUT2D eigenvalue weighted by atomic mass is 10.1. The number of benzene rings is 1. The molecule has 8 heteroatoms. The average Bonchev–Trinajstić information content (AvgIpc) is 2.73. The van der Waals surface area contributed by atoms with Crippen LogP contribution in [0.1, 0.15) is 17.5 Å². The smallest absolute Gasteiger partial charge is 0.276 e. The summed E-state index contributed by atoms with van der Waals surface area (Å²) < 4.78 is 24.4. The van der Waals surface area contributed by atoms with E-state index in [1.165, 1.54) is 15.4 Å². The van der Waals surface area contributed by atoms with E-state index in [0.29, 0.717) is 26.1 Å². The van der Waals surface area contributed by atoms with E-state index >= 15 is 0 Å². The minimum atomic E-state index is -3.64. The van der Waals surface area contributed by atoms with Gasteiger partial charge in [-0.25, -0.2) is 15.1 Å². The summed E-state index contributed by atoms with van der Waals surface area (Å²) in [5.41, 5.74) is 3.29. The second-order valence-corrected chi connectivity index (χ2v) is 7.48. The zero-order valence-corrected chi connectivity index (χ0v) is 14.2. The topological polar surface area (TPSA) is 92.4 Å². The van der Waals surface area contributed by atoms with Crippen LogP contribution in [0.25, 0.3) is 10.9 Å². The molecule has 1 fully saturated rings. The summed E-state index contributed by atoms with van der Waals surface area (Å²) in [6, 6.07) is 4.16. The Hall–Kier alpha value is -1.77. The Morgan fingerprint density at radius 3 is 2.52 bits per heavy atom. The lowest BCUT2D eigenvalue weighted by molar-refractivity contribution is 0.434. The molecule has 0 unspecified atom stereocenters. The third-order valence-corrected chi connectivity index (χ3v) is 5.43. The highest BCUT2D eigenvalue weighted by Crippen LogP contribution is 2.26. The largest absolute Gasteiger partial charge is 0.355 e. The number of anilines is 1. The van der Waals surface area contributed by atoms with Crippen molar-refractivity contribution in [3.8, 4) is 0 Å². The Balaban J connectivity index is 1.96. The van der Waals surface area contributed by atoms with Gasteiger partial charge in [-0.1, -0.05) is 0 Å². The number of aryl methyl sites for hydroxylation is 2. The molecule has 0 spiro atoms. The summed E-state index contributed by atoms with van der Waals surface area (Å²) in [7, 11) is -3.64. The van der Waals surface area contributed by atoms with Crippen LogP contribution in [0.5, 0.6) is 0 Å². The van der Waals surface area contributed by atoms with Gasteiger partial charge in [0, 0.05) is 31.6 Å². The van der Waals surface area contributed by atoms with Gasteiger partial charge in [0.15, 0.2) is 0 Å². The highest BCUT2D eigenvalue weighted by Gasteiger charge is 2.23. The van der Waals surface area contributed by atoms with Crippen molar-refractivity contribution >= 4 is 26.9 Å². The van der Waals surface area contributed by atoms with Crippen LogP contribution in [0.2, 0.25) is 0 Å². The van der Waals surface area contributed by atoms with Crippen molar-refractivity contribution in [1.82, 2.24) is 14.3 Å². The van der Waals surface area contributed by atoms with Gasteiger partial charge < -0.3 is 4.90 Å². The van der Waals surface area contributed by atoms with Crippen LogP contribution in [0.4, 0.5) is 5.82 Å². The van der Waals surface area contributed by atoms with E-state index in [2.05, 4.69) is 40.8 Å². The molecule has 0 aliphatic carbocycles. The number of aromatic nitrogens is 2. The molecule has 124 valence electrons. The third-order valence-electron chi connectivity index (χ3n) is 4.34. The Morgan fingerprint density at radius 1 is 1.04 bits per heavy atom. The second kappa shape index (κ2) is 6.03. The molecule has 1 aliphatic heterocycles. The summed E-state index contributed by atoms with van der Waals surface area (Å²) in [5.74, 6) is 0.856. The fraction of sp³-hybridized carbons (Fsp3) is 0.467. The van der Waals surface area contributed by atoms with Crippen LogP contribution in [0, 0.1) is 13.8 Å². The van der Waals surface area contributed by atoms with E-state index in [0.717, 1.165) is 23.3 Å². The molecule has 23 heavy (non-hydrogen) atoms. The summed E-state index contributed by atoms with van der Waals surface area (Å²) in [6.07, 6.45) is 2.28. The zero-order valence-electron chi connectivity index (χ0n) is 13.4. The summed E-state index contributed by atoms with van der Waals surface area (Å²) >= 11 is 0. The van der Waals surface area contributed by atoms with Crippen LogP contribution in [-0.4, -0.2) is 48.9 Å². The average molecular weight is 335 g/mol. The molecule has 0 atom stereocenters. The van der Waals surface area contributed by atoms with Gasteiger partial charge in [-0.3, -0.25) is 0 Å². The summed E-state index contributed by atoms with van der Waals surface area (Å²) in [5, 5.41) is 6.24. The van der Waals surface area contributed by atoms with Gasteiger partial charge in [0.2, 0.25) is 0 Å². The Labute approximate surface area is 136 Å². The third kappa shape index (κ3) is 3.29. The van der Waals surface area contributed by atoms with Crippen molar-refractivity contribution in [3.05, 3.63) is 29.6 Å². The first kappa shape index (κ1) is 16.1. The number of hydrogen-bond acceptors (Lipinski definition) is 5. The van der Waals surface area contributed by atoms with Crippen molar-refractivity contribution in [1.29, 1.82) is 0 Å². The van der Waals surface area contributed by atoms with Crippen molar-refractivity contribution in [3.63, 3.8) is 0 Å². The normalized spacial score (nSPS) is 17.4. The fourth-order valence-corrected chi connectivity index (χ4v) is 3.63. The monoisotopic (exact) mass is 335 g/mol. The predicted octanol–water partition coefficient (Wildman–Crippen LogP) is 0.962. The van der Waals surface area contributed by atoms with Gasteiger partial charge in [0.05, 0.1) is 5.52 Å². The first-order chi connectivity index (χ1) is 10.9. The summed E-state index contributed by atoms with van der Waals surface area (Å²) in [6.45, 7) is 6.25. The van der Waals surface area contributed by atoms with E-state index < -0.39 is 10.2 Å². The predicted molar refractivity (Wildman–Crippen MR) is 90.5 cm³/mol. The standard InChI is InChI=1S/C15H21N5O2S/c1-11-8-13-14(9-12(11)2)17-10-18-15(13)19-4-3-5-20(7-6-19)23(16,21)22/h8-10H,3-7H2,1-2H3,(H2,16,21,22). The van der Waals surface area contributed by atoms with Gasteiger partial charge in [0.25, 0.3) is 10.2 Å². The van der Waals surface area contributed by atoms with E-state index in [-0.39, 0.29) is 0 Å². The Bertz CT molecular complexity index is 837. The van der Waals surface area contributed by atoms with Gasteiger partial charge in [-0.2, -0.15) is 12.7 Å². The van der Waals surface area contributed by atoms with Crippen molar-refractivity contribution in [2.45, 2.75) is 20.3 Å². The van der Waals surface area contributed by atoms with Crippen molar-refractivity contribution in [2.24, 2.45) is 5.14 Å². The second-order valence-electron chi connectivity index (χ2n) is 5.94. The Morgan fingerprint density at radius 2 is 1.78 bits per heavy atom. The van der Waals surface area contributed by atoms with Crippen LogP contribution >= 0.6 is 0 Å². The molecule has 2 heterocycles. The minimum Gasteiger partial charge on any atom is -0.355 e. The first-order valence-corrected chi connectivity index (χ1v) is 9.11. The lowest BCUT2D eigenvalue weighted by Gasteiger charge is -2.23. The van der Waals surface area contributed by atoms with Crippen LogP contribution in [0.15, 0.2) is 18.5 Å². The number of hydrogen-bond donors (Lipinski definition) is 1. The highest BCUT2D eigenvalue weighted by atomic mass is 32.2. The quantitative estimate of drug-likeness (QED) is 0.882. The molecule has 3 rings (SSSR count). The van der Waals surface area contributed by atoms with Crippen LogP contribution in [0.3, 0.4) is 0 Å². The van der Waals surface area contributed by atoms with Crippen LogP contribution in [-0.2, 0) is 10.2 Å². The molecule has 1 aromatic carbocycles. The van der Waals surface area contributed by atoms with Gasteiger partial charge in [-0.15, -0.1) is 0 Å². The molecular weight excluding hydrogens is 314 g/mol. The van der Waals surface area contributed by atoms with E-state index in [9.17, 15) is 8.42 Å². The number of nitrogens with two attached hydrogens (primary N) is 1. The summed E-state index contributed by atoms with van der Waals surface area (Å²) in [4.78, 5) is 10.9. The van der Waals surface area contributed by atoms with Crippen molar-refractivity contribution in [2.75, 3.05) is 31.1 Å². The number of rotatable bonds is 2. The maximum absolute atomic E-state index is 11.5. The molecule has 1 aromatic heterocycles. The first-order valence-electron chi connectivity index (χ1n) is 7.61. The van der Waals surface area contributed by atoms with Crippen LogP contribution < -0.4 is 10.0 Å². The molecule has 7 nitrogen and oxygen atoms in total. The number of fused-ring (bicyclic) bond motifs is 1.